The molecule has 0 saturated heterocycles. The molecule has 10 rings (SSSR count). The molecule has 0 aliphatic carbocycles. The van der Waals surface area contributed by atoms with Crippen LogP contribution in [0.2, 0.25) is 0 Å². The SMILES string of the molecule is c1ccc(-c2cccc(C3N=C(c4cccc5c4sc4ccccc45)N=C(c4cccc(-c5cc(-c6ccccc6)cc6ccccc56)c4)N3)c2)cc1. The van der Waals surface area contributed by atoms with Gasteiger partial charge in [0.05, 0.1) is 0 Å². The van der Waals surface area contributed by atoms with Gasteiger partial charge in [-0.2, -0.15) is 0 Å². The van der Waals surface area contributed by atoms with Gasteiger partial charge in [0.1, 0.15) is 12.0 Å². The lowest BCUT2D eigenvalue weighted by molar-refractivity contribution is 0.674. The maximum Gasteiger partial charge on any atom is 0.160 e. The molecule has 0 bridgehead atoms. The smallest absolute Gasteiger partial charge is 0.160 e. The summed E-state index contributed by atoms with van der Waals surface area (Å²) in [6.07, 6.45) is -0.336. The summed E-state index contributed by atoms with van der Waals surface area (Å²) < 4.78 is 2.46. The van der Waals surface area contributed by atoms with E-state index in [1.807, 2.05) is 0 Å². The number of benzene rings is 8. The summed E-state index contributed by atoms with van der Waals surface area (Å²) in [6, 6.07) is 67.0. The number of nitrogens with zero attached hydrogens (tertiary/aromatic N) is 2. The van der Waals surface area contributed by atoms with Crippen LogP contribution in [0.1, 0.15) is 22.9 Å². The standard InChI is InChI=1S/C49H33N3S/c1-3-14-32(15-4-1)34-19-11-21-37(28-34)47-50-48(52-49(51-47)43-26-13-25-42-41-24-9-10-27-45(41)53-46(42)43)38-22-12-20-36(29-38)44-31-39(33-16-5-2-6-17-33)30-35-18-7-8-23-40(35)44/h1-31,47H,(H,50,51,52). The third-order valence-corrected chi connectivity index (χ3v) is 11.3. The first-order chi connectivity index (χ1) is 26.2. The van der Waals surface area contributed by atoms with Crippen LogP contribution >= 0.6 is 11.3 Å². The van der Waals surface area contributed by atoms with Crippen molar-refractivity contribution >= 4 is 54.0 Å². The van der Waals surface area contributed by atoms with Crippen molar-refractivity contribution in [2.75, 3.05) is 0 Å². The van der Waals surface area contributed by atoms with E-state index in [0.717, 1.165) is 39.5 Å². The summed E-state index contributed by atoms with van der Waals surface area (Å²) in [5.74, 6) is 1.53. The maximum absolute atomic E-state index is 5.34. The predicted octanol–water partition coefficient (Wildman–Crippen LogP) is 12.7. The molecule has 0 radical (unpaired) electrons. The summed E-state index contributed by atoms with van der Waals surface area (Å²) in [5, 5.41) is 8.69. The molecule has 1 atom stereocenters. The van der Waals surface area contributed by atoms with Crippen molar-refractivity contribution in [1.82, 2.24) is 5.32 Å². The van der Waals surface area contributed by atoms with Gasteiger partial charge in [-0.05, 0) is 86.1 Å². The van der Waals surface area contributed by atoms with E-state index < -0.39 is 0 Å². The van der Waals surface area contributed by atoms with Crippen LogP contribution in [0.5, 0.6) is 0 Å². The zero-order valence-electron chi connectivity index (χ0n) is 28.8. The van der Waals surface area contributed by atoms with Gasteiger partial charge >= 0.3 is 0 Å². The van der Waals surface area contributed by atoms with Crippen molar-refractivity contribution in [3.05, 3.63) is 205 Å². The summed E-state index contributed by atoms with van der Waals surface area (Å²) in [4.78, 5) is 10.7. The molecule has 2 heterocycles. The Kier molecular flexibility index (Phi) is 7.74. The molecule has 0 fully saturated rings. The Morgan fingerprint density at radius 1 is 0.434 bits per heavy atom. The van der Waals surface area contributed by atoms with Crippen LogP contribution in [0.25, 0.3) is 64.3 Å². The molecule has 1 aliphatic heterocycles. The molecule has 0 spiro atoms. The molecule has 8 aromatic carbocycles. The van der Waals surface area contributed by atoms with Gasteiger partial charge in [-0.3, -0.25) is 0 Å². The van der Waals surface area contributed by atoms with Crippen molar-refractivity contribution < 1.29 is 0 Å². The van der Waals surface area contributed by atoms with Crippen molar-refractivity contribution in [3.8, 4) is 33.4 Å². The molecule has 0 saturated carbocycles. The van der Waals surface area contributed by atoms with E-state index in [1.165, 1.54) is 53.2 Å². The summed E-state index contributed by atoms with van der Waals surface area (Å²) in [5.41, 5.74) is 10.2. The molecule has 4 heteroatoms. The fraction of sp³-hybridized carbons (Fsp3) is 0.0204. The number of nitrogens with one attached hydrogen (secondary N) is 1. The van der Waals surface area contributed by atoms with Gasteiger partial charge in [0.2, 0.25) is 0 Å². The van der Waals surface area contributed by atoms with E-state index >= 15 is 0 Å². The highest BCUT2D eigenvalue weighted by Gasteiger charge is 2.24. The largest absolute Gasteiger partial charge is 0.344 e. The quantitative estimate of drug-likeness (QED) is 0.185. The van der Waals surface area contributed by atoms with E-state index in [1.54, 1.807) is 11.3 Å². The Bertz CT molecular complexity index is 2870. The first kappa shape index (κ1) is 31.1. The number of rotatable bonds is 6. The molecule has 53 heavy (non-hydrogen) atoms. The minimum Gasteiger partial charge on any atom is -0.344 e. The van der Waals surface area contributed by atoms with Crippen LogP contribution in [0.3, 0.4) is 0 Å². The number of thiophene rings is 1. The van der Waals surface area contributed by atoms with Gasteiger partial charge < -0.3 is 5.32 Å². The number of fused-ring (bicyclic) bond motifs is 4. The second-order valence-corrected chi connectivity index (χ2v) is 14.5. The fourth-order valence-corrected chi connectivity index (χ4v) is 8.72. The number of amidine groups is 2. The lowest BCUT2D eigenvalue weighted by Crippen LogP contribution is -2.33. The Morgan fingerprint density at radius 3 is 1.92 bits per heavy atom. The third kappa shape index (κ3) is 5.80. The maximum atomic E-state index is 5.34. The highest BCUT2D eigenvalue weighted by molar-refractivity contribution is 7.26. The average molecular weight is 696 g/mol. The normalized spacial score (nSPS) is 14.2. The molecule has 1 aliphatic rings. The first-order valence-corrected chi connectivity index (χ1v) is 18.7. The lowest BCUT2D eigenvalue weighted by Gasteiger charge is -2.24. The van der Waals surface area contributed by atoms with Gasteiger partial charge in [0.25, 0.3) is 0 Å². The Morgan fingerprint density at radius 2 is 1.08 bits per heavy atom. The van der Waals surface area contributed by atoms with Crippen LogP contribution in [0.4, 0.5) is 0 Å². The molecular formula is C49H33N3S. The monoisotopic (exact) mass is 695 g/mol. The Balaban J connectivity index is 1.13. The van der Waals surface area contributed by atoms with E-state index in [9.17, 15) is 0 Å². The number of hydrogen-bond donors (Lipinski definition) is 1. The van der Waals surface area contributed by atoms with Crippen LogP contribution < -0.4 is 5.32 Å². The molecule has 1 unspecified atom stereocenters. The second kappa shape index (κ2) is 13.2. The number of hydrogen-bond acceptors (Lipinski definition) is 4. The van der Waals surface area contributed by atoms with Gasteiger partial charge in [-0.1, -0.05) is 152 Å². The predicted molar refractivity (Wildman–Crippen MR) is 225 cm³/mol. The molecule has 3 nitrogen and oxygen atoms in total. The lowest BCUT2D eigenvalue weighted by atomic mass is 9.92. The molecule has 9 aromatic rings. The average Bonchev–Trinajstić information content (AvgIpc) is 3.63. The minimum atomic E-state index is -0.336. The van der Waals surface area contributed by atoms with Crippen molar-refractivity contribution in [1.29, 1.82) is 0 Å². The van der Waals surface area contributed by atoms with E-state index in [2.05, 4.69) is 193 Å². The molecule has 250 valence electrons. The van der Waals surface area contributed by atoms with Crippen LogP contribution in [0, 0.1) is 0 Å². The first-order valence-electron chi connectivity index (χ1n) is 17.9. The Labute approximate surface area is 312 Å². The van der Waals surface area contributed by atoms with Crippen LogP contribution in [-0.2, 0) is 0 Å². The van der Waals surface area contributed by atoms with Gasteiger partial charge in [0.15, 0.2) is 5.84 Å². The summed E-state index contributed by atoms with van der Waals surface area (Å²) >= 11 is 1.81. The molecule has 0 amide bonds. The Hall–Kier alpha value is -6.62. The van der Waals surface area contributed by atoms with Crippen molar-refractivity contribution in [3.63, 3.8) is 0 Å². The number of aliphatic imine (C=N–C) groups is 2. The van der Waals surface area contributed by atoms with Gasteiger partial charge in [0, 0.05) is 31.3 Å². The van der Waals surface area contributed by atoms with Crippen LogP contribution in [0.15, 0.2) is 198 Å². The fourth-order valence-electron chi connectivity index (χ4n) is 7.51. The minimum absolute atomic E-state index is 0.336. The topological polar surface area (TPSA) is 36.8 Å². The molecular weight excluding hydrogens is 663 g/mol. The van der Waals surface area contributed by atoms with Crippen molar-refractivity contribution in [2.24, 2.45) is 9.98 Å². The second-order valence-electron chi connectivity index (χ2n) is 13.4. The van der Waals surface area contributed by atoms with Gasteiger partial charge in [-0.25, -0.2) is 9.98 Å². The zero-order chi connectivity index (χ0) is 35.1. The van der Waals surface area contributed by atoms with Gasteiger partial charge in [-0.15, -0.1) is 11.3 Å². The van der Waals surface area contributed by atoms with E-state index in [4.69, 9.17) is 9.98 Å². The van der Waals surface area contributed by atoms with Crippen molar-refractivity contribution in [2.45, 2.75) is 6.17 Å². The summed E-state index contributed by atoms with van der Waals surface area (Å²) in [6.45, 7) is 0. The third-order valence-electron chi connectivity index (χ3n) is 10.1. The highest BCUT2D eigenvalue weighted by atomic mass is 32.1. The van der Waals surface area contributed by atoms with Crippen LogP contribution in [-0.4, -0.2) is 11.7 Å². The zero-order valence-corrected chi connectivity index (χ0v) is 29.6. The summed E-state index contributed by atoms with van der Waals surface area (Å²) in [7, 11) is 0. The van der Waals surface area contributed by atoms with E-state index in [-0.39, 0.29) is 6.17 Å². The molecule has 1 aromatic heterocycles. The molecule has 1 N–H and O–H groups in total. The highest BCUT2D eigenvalue weighted by Crippen LogP contribution is 2.38. The van der Waals surface area contributed by atoms with E-state index in [0.29, 0.717) is 0 Å².